The Morgan fingerprint density at radius 2 is 0.825 bits per heavy atom. The van der Waals surface area contributed by atoms with Crippen molar-refractivity contribution in [3.8, 4) is 27.9 Å². The molecule has 57 heavy (non-hydrogen) atoms. The quantitative estimate of drug-likeness (QED) is 0.0860. The van der Waals surface area contributed by atoms with Crippen LogP contribution in [0.2, 0.25) is 0 Å². The molecule has 9 aromatic carbocycles. The summed E-state index contributed by atoms with van der Waals surface area (Å²) in [5.74, 6) is 1.31. The van der Waals surface area contributed by atoms with Crippen LogP contribution in [0.3, 0.4) is 0 Å². The lowest BCUT2D eigenvalue weighted by atomic mass is 9.85. The van der Waals surface area contributed by atoms with E-state index in [1.165, 1.54) is 64.5 Å². The average molecular weight is 747 g/mol. The van der Waals surface area contributed by atoms with Gasteiger partial charge in [0.15, 0.2) is 8.07 Å². The van der Waals surface area contributed by atoms with E-state index in [0.717, 1.165) is 22.5 Å². The van der Waals surface area contributed by atoms with E-state index in [-0.39, 0.29) is 5.92 Å². The second-order valence-electron chi connectivity index (χ2n) is 15.2. The van der Waals surface area contributed by atoms with Crippen LogP contribution < -0.4 is 20.7 Å². The molecule has 2 nitrogen and oxygen atoms in total. The van der Waals surface area contributed by atoms with E-state index in [9.17, 15) is 0 Å². The van der Waals surface area contributed by atoms with Crippen LogP contribution in [0.25, 0.3) is 60.5 Å². The van der Waals surface area contributed by atoms with Crippen molar-refractivity contribution >= 4 is 61.4 Å². The summed E-state index contributed by atoms with van der Waals surface area (Å²) in [6.07, 6.45) is 0. The SMILES string of the molecule is CC(C)c1nc2ccccc2n1-c1ccccc1-c1c2ccccc2c(-c2ccc([Si](c3ccccc3)(c3ccccc3)c3ccccc3)cc2)c2ccccc12. The van der Waals surface area contributed by atoms with E-state index >= 15 is 0 Å². The van der Waals surface area contributed by atoms with Gasteiger partial charge in [-0.1, -0.05) is 208 Å². The first kappa shape index (κ1) is 34.7. The van der Waals surface area contributed by atoms with Crippen LogP contribution in [0.1, 0.15) is 25.6 Å². The molecule has 0 N–H and O–H groups in total. The summed E-state index contributed by atoms with van der Waals surface area (Å²) in [6.45, 7) is 4.47. The van der Waals surface area contributed by atoms with Crippen LogP contribution >= 0.6 is 0 Å². The smallest absolute Gasteiger partial charge is 0.179 e. The fourth-order valence-corrected chi connectivity index (χ4v) is 14.0. The molecule has 0 aliphatic carbocycles. The third kappa shape index (κ3) is 5.65. The van der Waals surface area contributed by atoms with Crippen molar-refractivity contribution in [1.29, 1.82) is 0 Å². The maximum Gasteiger partial charge on any atom is 0.179 e. The van der Waals surface area contributed by atoms with Crippen molar-refractivity contribution < 1.29 is 0 Å². The van der Waals surface area contributed by atoms with E-state index in [1.807, 2.05) is 0 Å². The monoisotopic (exact) mass is 746 g/mol. The fraction of sp³-hybridized carbons (Fsp3) is 0.0556. The molecule has 3 heteroatoms. The highest BCUT2D eigenvalue weighted by atomic mass is 28.3. The molecule has 1 aromatic heterocycles. The van der Waals surface area contributed by atoms with Crippen LogP contribution in [0.4, 0.5) is 0 Å². The Labute approximate surface area is 335 Å². The van der Waals surface area contributed by atoms with Crippen LogP contribution in [-0.4, -0.2) is 17.6 Å². The molecular formula is C54H42N2Si. The molecule has 0 aliphatic heterocycles. The van der Waals surface area contributed by atoms with Crippen molar-refractivity contribution in [3.05, 3.63) is 218 Å². The topological polar surface area (TPSA) is 17.8 Å². The summed E-state index contributed by atoms with van der Waals surface area (Å²) in [7, 11) is -2.66. The molecule has 0 fully saturated rings. The Morgan fingerprint density at radius 1 is 0.404 bits per heavy atom. The summed E-state index contributed by atoms with van der Waals surface area (Å²) in [4.78, 5) is 5.15. The molecule has 0 saturated heterocycles. The molecule has 10 rings (SSSR count). The first-order valence-electron chi connectivity index (χ1n) is 19.9. The molecule has 0 aliphatic rings. The zero-order valence-electron chi connectivity index (χ0n) is 32.2. The number of hydrogen-bond acceptors (Lipinski definition) is 1. The van der Waals surface area contributed by atoms with Gasteiger partial charge in [-0.3, -0.25) is 4.57 Å². The minimum atomic E-state index is -2.66. The lowest BCUT2D eigenvalue weighted by molar-refractivity contribution is 0.760. The van der Waals surface area contributed by atoms with Crippen molar-refractivity contribution in [2.75, 3.05) is 0 Å². The standard InChI is InChI=1S/C54H42N2Si/c1-38(2)54-55-49-31-17-19-33-51(49)56(54)50-32-18-16-30-48(50)53-46-28-14-12-26-44(46)52(45-27-13-15-29-47(45)53)39-34-36-43(37-35-39)57(40-20-6-3-7-21-40,41-22-8-4-9-23-41)42-24-10-5-11-25-42/h3-38H,1-2H3. The van der Waals surface area contributed by atoms with E-state index in [0.29, 0.717) is 0 Å². The van der Waals surface area contributed by atoms with E-state index in [1.54, 1.807) is 0 Å². The highest BCUT2D eigenvalue weighted by Gasteiger charge is 2.41. The molecule has 10 aromatic rings. The lowest BCUT2D eigenvalue weighted by Gasteiger charge is -2.34. The maximum absolute atomic E-state index is 5.15. The van der Waals surface area contributed by atoms with Crippen molar-refractivity contribution in [2.24, 2.45) is 0 Å². The fourth-order valence-electron chi connectivity index (χ4n) is 9.25. The Balaban J connectivity index is 1.21. The van der Waals surface area contributed by atoms with Gasteiger partial charge in [0.1, 0.15) is 5.82 Å². The molecule has 0 saturated carbocycles. The number of rotatable bonds is 8. The molecule has 1 heterocycles. The summed E-state index contributed by atoms with van der Waals surface area (Å²) in [5, 5.41) is 10.4. The van der Waals surface area contributed by atoms with Gasteiger partial charge in [0.25, 0.3) is 0 Å². The number of benzene rings is 9. The Morgan fingerprint density at radius 3 is 1.35 bits per heavy atom. The predicted molar refractivity (Wildman–Crippen MR) is 245 cm³/mol. The highest BCUT2D eigenvalue weighted by molar-refractivity contribution is 7.19. The van der Waals surface area contributed by atoms with Crippen LogP contribution in [0, 0.1) is 0 Å². The van der Waals surface area contributed by atoms with E-state index in [4.69, 9.17) is 4.98 Å². The molecule has 0 bridgehead atoms. The summed E-state index contributed by atoms with van der Waals surface area (Å²) in [5.41, 5.74) is 8.20. The van der Waals surface area contributed by atoms with Crippen molar-refractivity contribution in [1.82, 2.24) is 9.55 Å². The molecule has 0 atom stereocenters. The highest BCUT2D eigenvalue weighted by Crippen LogP contribution is 2.45. The normalized spacial score (nSPS) is 11.8. The summed E-state index contributed by atoms with van der Waals surface area (Å²) in [6, 6.07) is 78.4. The number of nitrogens with zero attached hydrogens (tertiary/aromatic N) is 2. The second kappa shape index (κ2) is 14.4. The minimum Gasteiger partial charge on any atom is -0.295 e. The molecule has 0 spiro atoms. The van der Waals surface area contributed by atoms with Gasteiger partial charge in [-0.25, -0.2) is 4.98 Å². The Bertz CT molecular complexity index is 2870. The second-order valence-corrected chi connectivity index (χ2v) is 19.0. The minimum absolute atomic E-state index is 0.247. The van der Waals surface area contributed by atoms with Gasteiger partial charge in [0.05, 0.1) is 16.7 Å². The molecule has 0 amide bonds. The largest absolute Gasteiger partial charge is 0.295 e. The van der Waals surface area contributed by atoms with Crippen LogP contribution in [-0.2, 0) is 0 Å². The predicted octanol–water partition coefficient (Wildman–Crippen LogP) is 11.2. The first-order chi connectivity index (χ1) is 28.1. The number of fused-ring (bicyclic) bond motifs is 3. The van der Waals surface area contributed by atoms with Crippen molar-refractivity contribution in [3.63, 3.8) is 0 Å². The zero-order chi connectivity index (χ0) is 38.3. The van der Waals surface area contributed by atoms with Gasteiger partial charge in [-0.15, -0.1) is 0 Å². The maximum atomic E-state index is 5.15. The van der Waals surface area contributed by atoms with Crippen LogP contribution in [0.15, 0.2) is 212 Å². The third-order valence-corrected chi connectivity index (χ3v) is 16.5. The average Bonchev–Trinajstić information content (AvgIpc) is 3.67. The lowest BCUT2D eigenvalue weighted by Crippen LogP contribution is -2.74. The third-order valence-electron chi connectivity index (χ3n) is 11.7. The molecule has 272 valence electrons. The zero-order valence-corrected chi connectivity index (χ0v) is 33.2. The number of aromatic nitrogens is 2. The summed E-state index contributed by atoms with van der Waals surface area (Å²) < 4.78 is 2.38. The van der Waals surface area contributed by atoms with Gasteiger partial charge in [0.2, 0.25) is 0 Å². The number of hydrogen-bond donors (Lipinski definition) is 0. The molecule has 0 radical (unpaired) electrons. The van der Waals surface area contributed by atoms with Crippen molar-refractivity contribution in [2.45, 2.75) is 19.8 Å². The van der Waals surface area contributed by atoms with E-state index < -0.39 is 8.07 Å². The first-order valence-corrected chi connectivity index (χ1v) is 21.9. The van der Waals surface area contributed by atoms with Crippen LogP contribution in [0.5, 0.6) is 0 Å². The molecular weight excluding hydrogens is 705 g/mol. The van der Waals surface area contributed by atoms with Gasteiger partial charge in [-0.05, 0) is 77.2 Å². The van der Waals surface area contributed by atoms with Gasteiger partial charge >= 0.3 is 0 Å². The van der Waals surface area contributed by atoms with Gasteiger partial charge in [-0.2, -0.15) is 0 Å². The van der Waals surface area contributed by atoms with E-state index in [2.05, 4.69) is 231 Å². The molecule has 0 unspecified atom stereocenters. The number of para-hydroxylation sites is 3. The van der Waals surface area contributed by atoms with Gasteiger partial charge < -0.3 is 0 Å². The Kier molecular flexibility index (Phi) is 8.73. The van der Waals surface area contributed by atoms with Gasteiger partial charge in [0, 0.05) is 11.5 Å². The summed E-state index contributed by atoms with van der Waals surface area (Å²) >= 11 is 0. The number of imidazole rings is 1. The Hall–Kier alpha value is -6.81.